The van der Waals surface area contributed by atoms with E-state index in [1.165, 1.54) is 0 Å². The van der Waals surface area contributed by atoms with Crippen molar-refractivity contribution in [3.05, 3.63) is 100 Å². The second-order valence-corrected chi connectivity index (χ2v) is 8.40. The van der Waals surface area contributed by atoms with Gasteiger partial charge in [0.2, 0.25) is 5.91 Å². The summed E-state index contributed by atoms with van der Waals surface area (Å²) in [4.78, 5) is 27.9. The second kappa shape index (κ2) is 11.5. The van der Waals surface area contributed by atoms with E-state index in [-0.39, 0.29) is 25.0 Å². The molecule has 0 aliphatic rings. The number of amides is 2. The van der Waals surface area contributed by atoms with E-state index < -0.39 is 6.04 Å². The molecule has 0 fully saturated rings. The molecule has 3 aromatic carbocycles. The fourth-order valence-corrected chi connectivity index (χ4v) is 3.91. The van der Waals surface area contributed by atoms with Gasteiger partial charge in [-0.05, 0) is 42.7 Å². The average Bonchev–Trinajstić information content (AvgIpc) is 2.82. The molecule has 0 saturated carbocycles. The molecule has 0 radical (unpaired) electrons. The highest BCUT2D eigenvalue weighted by molar-refractivity contribution is 6.31. The van der Waals surface area contributed by atoms with Crippen molar-refractivity contribution in [2.75, 3.05) is 13.7 Å². The molecule has 0 aliphatic carbocycles. The molecule has 0 saturated heterocycles. The summed E-state index contributed by atoms with van der Waals surface area (Å²) >= 11 is 6.39. The highest BCUT2D eigenvalue weighted by Gasteiger charge is 2.30. The van der Waals surface area contributed by atoms with Gasteiger partial charge in [-0.3, -0.25) is 9.59 Å². The topological polar surface area (TPSA) is 58.6 Å². The Morgan fingerprint density at radius 3 is 2.36 bits per heavy atom. The van der Waals surface area contributed by atoms with Gasteiger partial charge in [-0.2, -0.15) is 0 Å². The molecule has 33 heavy (non-hydrogen) atoms. The van der Waals surface area contributed by atoms with Crippen LogP contribution in [0.4, 0.5) is 0 Å². The molecule has 3 aromatic rings. The van der Waals surface area contributed by atoms with Gasteiger partial charge >= 0.3 is 0 Å². The molecular weight excluding hydrogens is 436 g/mol. The lowest BCUT2D eigenvalue weighted by Crippen LogP contribution is -2.51. The molecule has 0 heterocycles. The van der Waals surface area contributed by atoms with Gasteiger partial charge in [0.1, 0.15) is 11.8 Å². The van der Waals surface area contributed by atoms with E-state index in [1.807, 2.05) is 80.6 Å². The Hall–Kier alpha value is -3.31. The molecule has 1 atom stereocenters. The summed E-state index contributed by atoms with van der Waals surface area (Å²) in [6, 6.07) is 22.1. The average molecular weight is 465 g/mol. The van der Waals surface area contributed by atoms with E-state index in [1.54, 1.807) is 18.0 Å². The molecule has 0 aliphatic heterocycles. The van der Waals surface area contributed by atoms with Crippen LogP contribution in [0.2, 0.25) is 5.02 Å². The Morgan fingerprint density at radius 1 is 1.00 bits per heavy atom. The lowest BCUT2D eigenvalue weighted by atomic mass is 10.0. The first kappa shape index (κ1) is 24.3. The number of nitrogens with zero attached hydrogens (tertiary/aromatic N) is 1. The van der Waals surface area contributed by atoms with Crippen LogP contribution in [0, 0.1) is 13.8 Å². The number of aryl methyl sites for hydroxylation is 2. The quantitative estimate of drug-likeness (QED) is 0.498. The van der Waals surface area contributed by atoms with Gasteiger partial charge in [-0.1, -0.05) is 77.8 Å². The van der Waals surface area contributed by atoms with Gasteiger partial charge in [0.05, 0.1) is 0 Å². The predicted molar refractivity (Wildman–Crippen MR) is 131 cm³/mol. The summed E-state index contributed by atoms with van der Waals surface area (Å²) in [5, 5.41) is 3.25. The van der Waals surface area contributed by atoms with Gasteiger partial charge in [0.15, 0.2) is 6.61 Å². The van der Waals surface area contributed by atoms with Gasteiger partial charge in [0.25, 0.3) is 5.91 Å². The van der Waals surface area contributed by atoms with Gasteiger partial charge < -0.3 is 15.0 Å². The SMILES string of the molecule is CNC(=O)[C@@H](Cc1ccccc1)N(Cc1ccccc1Cl)C(=O)COc1ccc(C)cc1C. The lowest BCUT2D eigenvalue weighted by Gasteiger charge is -2.31. The van der Waals surface area contributed by atoms with Gasteiger partial charge in [-0.15, -0.1) is 0 Å². The Morgan fingerprint density at radius 2 is 1.70 bits per heavy atom. The fourth-order valence-electron chi connectivity index (χ4n) is 3.71. The van der Waals surface area contributed by atoms with E-state index >= 15 is 0 Å². The Bertz CT molecular complexity index is 1100. The Labute approximate surface area is 200 Å². The summed E-state index contributed by atoms with van der Waals surface area (Å²) in [5.74, 6) is 0.108. The maximum atomic E-state index is 13.4. The molecular formula is C27H29ClN2O3. The van der Waals surface area contributed by atoms with Crippen LogP contribution in [0.3, 0.4) is 0 Å². The van der Waals surface area contributed by atoms with E-state index in [2.05, 4.69) is 5.32 Å². The third-order valence-corrected chi connectivity index (χ3v) is 5.87. The number of rotatable bonds is 9. The van der Waals surface area contributed by atoms with Crippen LogP contribution < -0.4 is 10.1 Å². The van der Waals surface area contributed by atoms with Crippen molar-refractivity contribution in [2.45, 2.75) is 32.9 Å². The predicted octanol–water partition coefficient (Wildman–Crippen LogP) is 4.72. The normalized spacial score (nSPS) is 11.5. The monoisotopic (exact) mass is 464 g/mol. The van der Waals surface area contributed by atoms with E-state index in [9.17, 15) is 9.59 Å². The van der Waals surface area contributed by atoms with Crippen LogP contribution in [-0.4, -0.2) is 36.4 Å². The fraction of sp³-hybridized carbons (Fsp3) is 0.259. The molecule has 6 heteroatoms. The van der Waals surface area contributed by atoms with Crippen LogP contribution in [-0.2, 0) is 22.6 Å². The van der Waals surface area contributed by atoms with E-state index in [0.29, 0.717) is 17.2 Å². The summed E-state index contributed by atoms with van der Waals surface area (Å²) in [5.41, 5.74) is 3.79. The molecule has 2 amide bonds. The number of benzene rings is 3. The van der Waals surface area contributed by atoms with Crippen LogP contribution in [0.25, 0.3) is 0 Å². The number of halogens is 1. The van der Waals surface area contributed by atoms with E-state index in [0.717, 1.165) is 22.3 Å². The van der Waals surface area contributed by atoms with Crippen molar-refractivity contribution in [3.63, 3.8) is 0 Å². The molecule has 172 valence electrons. The number of hydrogen-bond acceptors (Lipinski definition) is 3. The van der Waals surface area contributed by atoms with Crippen molar-refractivity contribution in [1.82, 2.24) is 10.2 Å². The number of carbonyl (C=O) groups excluding carboxylic acids is 2. The zero-order valence-electron chi connectivity index (χ0n) is 19.2. The number of hydrogen-bond donors (Lipinski definition) is 1. The first-order chi connectivity index (χ1) is 15.9. The standard InChI is InChI=1S/C27H29ClN2O3/c1-19-13-14-25(20(2)15-19)33-18-26(31)30(17-22-11-7-8-12-23(22)28)24(27(32)29-3)16-21-9-5-4-6-10-21/h4-15,24H,16-18H2,1-3H3,(H,29,32)/t24-/m1/s1. The highest BCUT2D eigenvalue weighted by atomic mass is 35.5. The number of likely N-dealkylation sites (N-methyl/N-ethyl adjacent to an activating group) is 1. The molecule has 0 unspecified atom stereocenters. The minimum atomic E-state index is -0.719. The molecule has 5 nitrogen and oxygen atoms in total. The third kappa shape index (κ3) is 6.59. The molecule has 1 N–H and O–H groups in total. The zero-order chi connectivity index (χ0) is 23.8. The Kier molecular flexibility index (Phi) is 8.50. The summed E-state index contributed by atoms with van der Waals surface area (Å²) in [7, 11) is 1.57. The first-order valence-electron chi connectivity index (χ1n) is 10.9. The summed E-state index contributed by atoms with van der Waals surface area (Å²) in [6.45, 7) is 3.96. The van der Waals surface area contributed by atoms with Gasteiger partial charge in [-0.25, -0.2) is 0 Å². The molecule has 0 aromatic heterocycles. The maximum absolute atomic E-state index is 13.4. The largest absolute Gasteiger partial charge is 0.483 e. The first-order valence-corrected chi connectivity index (χ1v) is 11.2. The van der Waals surface area contributed by atoms with Crippen LogP contribution in [0.15, 0.2) is 72.8 Å². The van der Waals surface area contributed by atoms with Crippen molar-refractivity contribution in [3.8, 4) is 5.75 Å². The van der Waals surface area contributed by atoms with Crippen molar-refractivity contribution < 1.29 is 14.3 Å². The highest BCUT2D eigenvalue weighted by Crippen LogP contribution is 2.22. The molecule has 3 rings (SSSR count). The third-order valence-electron chi connectivity index (χ3n) is 5.50. The second-order valence-electron chi connectivity index (χ2n) is 7.99. The van der Waals surface area contributed by atoms with Gasteiger partial charge in [0, 0.05) is 25.0 Å². The smallest absolute Gasteiger partial charge is 0.261 e. The van der Waals surface area contributed by atoms with Crippen LogP contribution in [0.5, 0.6) is 5.75 Å². The summed E-state index contributed by atoms with van der Waals surface area (Å²) < 4.78 is 5.86. The molecule has 0 bridgehead atoms. The Balaban J connectivity index is 1.89. The molecule has 0 spiro atoms. The minimum absolute atomic E-state index is 0.184. The van der Waals surface area contributed by atoms with Crippen molar-refractivity contribution >= 4 is 23.4 Å². The summed E-state index contributed by atoms with van der Waals surface area (Å²) in [6.07, 6.45) is 0.375. The maximum Gasteiger partial charge on any atom is 0.261 e. The lowest BCUT2D eigenvalue weighted by molar-refractivity contribution is -0.142. The van der Waals surface area contributed by atoms with Crippen LogP contribution in [0.1, 0.15) is 22.3 Å². The number of ether oxygens (including phenoxy) is 1. The van der Waals surface area contributed by atoms with Crippen molar-refractivity contribution in [1.29, 1.82) is 0 Å². The zero-order valence-corrected chi connectivity index (χ0v) is 19.9. The van der Waals surface area contributed by atoms with Crippen LogP contribution >= 0.6 is 11.6 Å². The van der Waals surface area contributed by atoms with E-state index in [4.69, 9.17) is 16.3 Å². The minimum Gasteiger partial charge on any atom is -0.483 e. The number of carbonyl (C=O) groups is 2. The van der Waals surface area contributed by atoms with Crippen molar-refractivity contribution in [2.24, 2.45) is 0 Å². The number of nitrogens with one attached hydrogen (secondary N) is 1.